The van der Waals surface area contributed by atoms with Gasteiger partial charge >= 0.3 is 0 Å². The van der Waals surface area contributed by atoms with Crippen LogP contribution in [0.2, 0.25) is 5.02 Å². The van der Waals surface area contributed by atoms with Gasteiger partial charge in [0, 0.05) is 22.9 Å². The Hall–Kier alpha value is -1.47. The lowest BCUT2D eigenvalue weighted by molar-refractivity contribution is 0.212. The topological polar surface area (TPSA) is 80.4 Å². The number of halogens is 2. The molecule has 4 nitrogen and oxygen atoms in total. The van der Waals surface area contributed by atoms with Gasteiger partial charge in [0.25, 0.3) is 0 Å². The van der Waals surface area contributed by atoms with E-state index >= 15 is 0 Å². The lowest BCUT2D eigenvalue weighted by Crippen LogP contribution is -2.27. The monoisotopic (exact) mass is 369 g/mol. The first-order valence-electron chi connectivity index (χ1n) is 7.42. The number of aliphatic hydroxyl groups excluding tert-OH is 1. The first kappa shape index (κ1) is 17.4. The molecule has 128 valence electrons. The SMILES string of the molecule is NC[C@@]1(CO)[C@@H](c2ccc(F)cc2)[C@@H]1S(=O)(=O)c1ccc(Cl)cc1. The third-order valence-corrected chi connectivity index (χ3v) is 7.35. The molecule has 0 unspecified atom stereocenters. The normalized spacial score (nSPS) is 26.3. The zero-order chi connectivity index (χ0) is 17.5. The Morgan fingerprint density at radius 2 is 1.71 bits per heavy atom. The van der Waals surface area contributed by atoms with Gasteiger partial charge in [0.1, 0.15) is 5.82 Å². The summed E-state index contributed by atoms with van der Waals surface area (Å²) in [4.78, 5) is 0.132. The molecule has 0 amide bonds. The van der Waals surface area contributed by atoms with Crippen molar-refractivity contribution in [3.63, 3.8) is 0 Å². The summed E-state index contributed by atoms with van der Waals surface area (Å²) in [5, 5.41) is 9.41. The Kier molecular flexibility index (Phi) is 4.42. The fourth-order valence-electron chi connectivity index (χ4n) is 3.39. The maximum atomic E-state index is 13.2. The van der Waals surface area contributed by atoms with Crippen LogP contribution in [-0.4, -0.2) is 31.9 Å². The summed E-state index contributed by atoms with van der Waals surface area (Å²) in [5.41, 5.74) is 5.50. The predicted molar refractivity (Wildman–Crippen MR) is 90.1 cm³/mol. The molecule has 24 heavy (non-hydrogen) atoms. The van der Waals surface area contributed by atoms with Crippen LogP contribution in [0.5, 0.6) is 0 Å². The fourth-order valence-corrected chi connectivity index (χ4v) is 5.96. The van der Waals surface area contributed by atoms with Crippen molar-refractivity contribution in [2.75, 3.05) is 13.2 Å². The molecule has 2 aromatic carbocycles. The second-order valence-electron chi connectivity index (χ2n) is 6.04. The molecular formula is C17H17ClFNO3S. The van der Waals surface area contributed by atoms with Crippen LogP contribution in [0.25, 0.3) is 0 Å². The number of aliphatic hydroxyl groups is 1. The van der Waals surface area contributed by atoms with Gasteiger partial charge in [0.05, 0.1) is 16.8 Å². The first-order valence-corrected chi connectivity index (χ1v) is 9.35. The molecule has 0 spiro atoms. The molecule has 1 saturated carbocycles. The van der Waals surface area contributed by atoms with Crippen molar-refractivity contribution in [3.05, 3.63) is 64.9 Å². The second kappa shape index (κ2) is 6.11. The molecule has 1 aliphatic carbocycles. The highest BCUT2D eigenvalue weighted by molar-refractivity contribution is 7.92. The summed E-state index contributed by atoms with van der Waals surface area (Å²) < 4.78 is 39.2. The Morgan fingerprint density at radius 3 is 2.21 bits per heavy atom. The number of sulfone groups is 1. The number of rotatable bonds is 5. The Labute approximate surface area is 145 Å². The third kappa shape index (κ3) is 2.63. The van der Waals surface area contributed by atoms with Gasteiger partial charge < -0.3 is 10.8 Å². The number of benzene rings is 2. The van der Waals surface area contributed by atoms with E-state index in [1.807, 2.05) is 0 Å². The van der Waals surface area contributed by atoms with E-state index in [-0.39, 0.29) is 18.0 Å². The van der Waals surface area contributed by atoms with Crippen LogP contribution >= 0.6 is 11.6 Å². The zero-order valence-electron chi connectivity index (χ0n) is 12.7. The molecule has 0 aromatic heterocycles. The summed E-state index contributed by atoms with van der Waals surface area (Å²) in [7, 11) is -3.71. The van der Waals surface area contributed by atoms with E-state index in [0.717, 1.165) is 0 Å². The van der Waals surface area contributed by atoms with Gasteiger partial charge in [-0.3, -0.25) is 0 Å². The molecule has 0 saturated heterocycles. The van der Waals surface area contributed by atoms with Gasteiger partial charge in [-0.2, -0.15) is 0 Å². The second-order valence-corrected chi connectivity index (χ2v) is 8.55. The first-order chi connectivity index (χ1) is 11.4. The van der Waals surface area contributed by atoms with Crippen molar-refractivity contribution < 1.29 is 17.9 Å². The highest BCUT2D eigenvalue weighted by Crippen LogP contribution is 2.63. The highest BCUT2D eigenvalue weighted by atomic mass is 35.5. The average molecular weight is 370 g/mol. The lowest BCUT2D eigenvalue weighted by Gasteiger charge is -2.12. The van der Waals surface area contributed by atoms with Gasteiger partial charge in [0.2, 0.25) is 0 Å². The molecule has 1 aliphatic rings. The van der Waals surface area contributed by atoms with Crippen molar-refractivity contribution in [3.8, 4) is 0 Å². The largest absolute Gasteiger partial charge is 0.396 e. The molecule has 2 aromatic rings. The van der Waals surface area contributed by atoms with Crippen molar-refractivity contribution in [1.82, 2.24) is 0 Å². The lowest BCUT2D eigenvalue weighted by atomic mass is 10.0. The number of nitrogens with two attached hydrogens (primary N) is 1. The molecule has 0 radical (unpaired) electrons. The fraction of sp³-hybridized carbons (Fsp3) is 0.294. The summed E-state index contributed by atoms with van der Waals surface area (Å²) in [6.45, 7) is -0.341. The van der Waals surface area contributed by atoms with Gasteiger partial charge in [0.15, 0.2) is 9.84 Å². The van der Waals surface area contributed by atoms with Crippen molar-refractivity contribution in [2.24, 2.45) is 11.1 Å². The Morgan fingerprint density at radius 1 is 1.12 bits per heavy atom. The Balaban J connectivity index is 2.04. The van der Waals surface area contributed by atoms with Gasteiger partial charge in [-0.15, -0.1) is 0 Å². The minimum absolute atomic E-state index is 0.0169. The molecule has 1 fully saturated rings. The van der Waals surface area contributed by atoms with Crippen molar-refractivity contribution in [2.45, 2.75) is 16.1 Å². The van der Waals surface area contributed by atoms with Gasteiger partial charge in [-0.1, -0.05) is 23.7 Å². The van der Waals surface area contributed by atoms with Crippen molar-refractivity contribution in [1.29, 1.82) is 0 Å². The van der Waals surface area contributed by atoms with E-state index < -0.39 is 32.2 Å². The summed E-state index contributed by atoms with van der Waals surface area (Å²) in [6.07, 6.45) is 0. The van der Waals surface area contributed by atoms with Crippen LogP contribution in [0, 0.1) is 11.2 Å². The summed E-state index contributed by atoms with van der Waals surface area (Å²) in [5.74, 6) is -0.882. The van der Waals surface area contributed by atoms with E-state index in [9.17, 15) is 17.9 Å². The average Bonchev–Trinajstić information content (AvgIpc) is 3.26. The van der Waals surface area contributed by atoms with E-state index in [1.165, 1.54) is 48.5 Å². The van der Waals surface area contributed by atoms with Crippen LogP contribution in [0.3, 0.4) is 0 Å². The number of hydrogen-bond donors (Lipinski definition) is 2. The molecule has 0 bridgehead atoms. The van der Waals surface area contributed by atoms with E-state index in [2.05, 4.69) is 0 Å². The molecule has 3 rings (SSSR count). The van der Waals surface area contributed by atoms with Crippen molar-refractivity contribution >= 4 is 21.4 Å². The molecule has 0 aliphatic heterocycles. The minimum Gasteiger partial charge on any atom is -0.396 e. The zero-order valence-corrected chi connectivity index (χ0v) is 14.3. The third-order valence-electron chi connectivity index (χ3n) is 4.76. The van der Waals surface area contributed by atoms with Crippen LogP contribution in [-0.2, 0) is 9.84 Å². The summed E-state index contributed by atoms with van der Waals surface area (Å²) in [6, 6.07) is 11.5. The quantitative estimate of drug-likeness (QED) is 0.847. The molecule has 7 heteroatoms. The maximum absolute atomic E-state index is 13.2. The predicted octanol–water partition coefficient (Wildman–Crippen LogP) is 2.36. The smallest absolute Gasteiger partial charge is 0.182 e. The highest BCUT2D eigenvalue weighted by Gasteiger charge is 2.70. The van der Waals surface area contributed by atoms with E-state index in [0.29, 0.717) is 10.6 Å². The van der Waals surface area contributed by atoms with Crippen LogP contribution in [0.15, 0.2) is 53.4 Å². The molecule has 0 heterocycles. The minimum atomic E-state index is -3.71. The van der Waals surface area contributed by atoms with Gasteiger partial charge in [-0.25, -0.2) is 12.8 Å². The molecule has 3 N–H and O–H groups in total. The molecule has 3 atom stereocenters. The number of hydrogen-bond acceptors (Lipinski definition) is 4. The van der Waals surface area contributed by atoms with Crippen LogP contribution in [0.4, 0.5) is 4.39 Å². The Bertz CT molecular complexity index is 833. The molecular weight excluding hydrogens is 353 g/mol. The van der Waals surface area contributed by atoms with E-state index in [4.69, 9.17) is 17.3 Å². The van der Waals surface area contributed by atoms with Crippen LogP contribution in [0.1, 0.15) is 11.5 Å². The van der Waals surface area contributed by atoms with E-state index in [1.54, 1.807) is 0 Å². The maximum Gasteiger partial charge on any atom is 0.182 e. The summed E-state index contributed by atoms with van der Waals surface area (Å²) >= 11 is 5.82. The standard InChI is InChI=1S/C17H17ClFNO3S/c18-12-3-7-14(8-4-12)24(22,23)16-15(17(16,9-20)10-21)11-1-5-13(19)6-2-11/h1-8,15-16,21H,9-10,20H2/t15-,16-,17+/m0/s1. The van der Waals surface area contributed by atoms with Crippen LogP contribution < -0.4 is 5.73 Å². The van der Waals surface area contributed by atoms with Gasteiger partial charge in [-0.05, 0) is 42.0 Å².